The fourth-order valence-corrected chi connectivity index (χ4v) is 3.23. The van der Waals surface area contributed by atoms with Crippen molar-refractivity contribution in [1.29, 1.82) is 0 Å². The first-order valence-electron chi connectivity index (χ1n) is 5.78. The van der Waals surface area contributed by atoms with Crippen molar-refractivity contribution >= 4 is 32.2 Å². The maximum atomic E-state index is 12.1. The predicted molar refractivity (Wildman–Crippen MR) is 78.8 cm³/mol. The lowest BCUT2D eigenvalue weighted by Gasteiger charge is -2.05. The van der Waals surface area contributed by atoms with E-state index < -0.39 is 14.9 Å². The molecule has 1 heterocycles. The van der Waals surface area contributed by atoms with Crippen LogP contribution in [0.4, 0.5) is 10.8 Å². The van der Waals surface area contributed by atoms with Crippen LogP contribution in [0.15, 0.2) is 34.5 Å². The van der Waals surface area contributed by atoms with Crippen LogP contribution in [0.5, 0.6) is 0 Å². The Balaban J connectivity index is 2.14. The smallest absolute Gasteiger partial charge is 0.270 e. The van der Waals surface area contributed by atoms with Crippen molar-refractivity contribution in [1.82, 2.24) is 9.71 Å². The van der Waals surface area contributed by atoms with Gasteiger partial charge in [-0.05, 0) is 6.07 Å². The van der Waals surface area contributed by atoms with Crippen molar-refractivity contribution in [3.63, 3.8) is 0 Å². The van der Waals surface area contributed by atoms with E-state index in [2.05, 4.69) is 15.0 Å². The summed E-state index contributed by atoms with van der Waals surface area (Å²) in [6.07, 6.45) is 0. The van der Waals surface area contributed by atoms with E-state index in [4.69, 9.17) is 0 Å². The van der Waals surface area contributed by atoms with Gasteiger partial charge in [0.05, 0.1) is 22.1 Å². The summed E-state index contributed by atoms with van der Waals surface area (Å²) in [5, 5.41) is 15.9. The van der Waals surface area contributed by atoms with Crippen LogP contribution >= 0.6 is 11.3 Å². The number of aromatic nitrogens is 1. The molecule has 0 saturated carbocycles. The molecule has 0 aliphatic heterocycles. The molecule has 2 N–H and O–H groups in total. The van der Waals surface area contributed by atoms with Crippen molar-refractivity contribution < 1.29 is 13.3 Å². The standard InChI is InChI=1S/C11H12N4O4S2/c1-12-11-14-8(7-20-11)6-13-21(18,19)10-4-2-3-9(5-10)15(16)17/h2-5,7,13H,6H2,1H3,(H,12,14). The Kier molecular flexibility index (Phi) is 4.50. The third-order valence-electron chi connectivity index (χ3n) is 2.55. The molecule has 0 unspecified atom stereocenters. The lowest BCUT2D eigenvalue weighted by atomic mass is 10.3. The molecule has 0 aliphatic carbocycles. The molecule has 0 spiro atoms. The third-order valence-corrected chi connectivity index (χ3v) is 4.86. The van der Waals surface area contributed by atoms with E-state index in [1.54, 1.807) is 12.4 Å². The second-order valence-corrected chi connectivity index (χ2v) is 6.60. The van der Waals surface area contributed by atoms with Gasteiger partial charge in [0, 0.05) is 24.6 Å². The number of nitrogens with one attached hydrogen (secondary N) is 2. The van der Waals surface area contributed by atoms with Crippen LogP contribution in [0.25, 0.3) is 0 Å². The number of hydrogen-bond acceptors (Lipinski definition) is 7. The van der Waals surface area contributed by atoms with Crippen molar-refractivity contribution in [2.24, 2.45) is 0 Å². The number of non-ortho nitro benzene ring substituents is 1. The van der Waals surface area contributed by atoms with Crippen molar-refractivity contribution in [2.75, 3.05) is 12.4 Å². The normalized spacial score (nSPS) is 11.3. The van der Waals surface area contributed by atoms with Gasteiger partial charge in [0.1, 0.15) is 0 Å². The van der Waals surface area contributed by atoms with Gasteiger partial charge in [0.2, 0.25) is 10.0 Å². The Hall–Kier alpha value is -2.04. The zero-order valence-corrected chi connectivity index (χ0v) is 12.6. The molecule has 0 amide bonds. The zero-order chi connectivity index (χ0) is 15.5. The number of nitro groups is 1. The monoisotopic (exact) mass is 328 g/mol. The van der Waals surface area contributed by atoms with Crippen LogP contribution in [0.1, 0.15) is 5.69 Å². The highest BCUT2D eigenvalue weighted by molar-refractivity contribution is 7.89. The van der Waals surface area contributed by atoms with Gasteiger partial charge in [-0.3, -0.25) is 10.1 Å². The number of anilines is 1. The minimum absolute atomic E-state index is 0.0171. The van der Waals surface area contributed by atoms with Crippen LogP contribution in [-0.4, -0.2) is 25.4 Å². The van der Waals surface area contributed by atoms with Gasteiger partial charge in [-0.2, -0.15) is 0 Å². The molecule has 21 heavy (non-hydrogen) atoms. The topological polar surface area (TPSA) is 114 Å². The molecule has 112 valence electrons. The number of thiazole rings is 1. The number of rotatable bonds is 6. The highest BCUT2D eigenvalue weighted by Crippen LogP contribution is 2.18. The highest BCUT2D eigenvalue weighted by Gasteiger charge is 2.17. The van der Waals surface area contributed by atoms with Crippen LogP contribution in [0.3, 0.4) is 0 Å². The molecule has 0 bridgehead atoms. The number of sulfonamides is 1. The molecule has 1 aromatic carbocycles. The van der Waals surface area contributed by atoms with Crippen molar-refractivity contribution in [3.8, 4) is 0 Å². The number of nitro benzene ring substituents is 1. The van der Waals surface area contributed by atoms with Gasteiger partial charge in [-0.25, -0.2) is 18.1 Å². The lowest BCUT2D eigenvalue weighted by Crippen LogP contribution is -2.23. The summed E-state index contributed by atoms with van der Waals surface area (Å²) >= 11 is 1.36. The average molecular weight is 328 g/mol. The molecule has 2 aromatic rings. The van der Waals surface area contributed by atoms with Gasteiger partial charge < -0.3 is 5.32 Å². The summed E-state index contributed by atoms with van der Waals surface area (Å²) < 4.78 is 26.5. The van der Waals surface area contributed by atoms with E-state index in [9.17, 15) is 18.5 Å². The fourth-order valence-electron chi connectivity index (χ4n) is 1.52. The summed E-state index contributed by atoms with van der Waals surface area (Å²) in [4.78, 5) is 14.0. The molecule has 0 aliphatic rings. The molecule has 2 rings (SSSR count). The molecule has 0 radical (unpaired) electrons. The summed E-state index contributed by atoms with van der Waals surface area (Å²) in [6, 6.07) is 4.88. The van der Waals surface area contributed by atoms with Gasteiger partial charge in [0.15, 0.2) is 5.13 Å². The van der Waals surface area contributed by atoms with Crippen LogP contribution in [0.2, 0.25) is 0 Å². The Labute approximate surface area is 125 Å². The fraction of sp³-hybridized carbons (Fsp3) is 0.182. The second-order valence-electron chi connectivity index (χ2n) is 3.97. The minimum atomic E-state index is -3.82. The minimum Gasteiger partial charge on any atom is -0.365 e. The number of nitrogens with zero attached hydrogens (tertiary/aromatic N) is 2. The van der Waals surface area contributed by atoms with Gasteiger partial charge in [-0.1, -0.05) is 6.07 Å². The largest absolute Gasteiger partial charge is 0.365 e. The van der Waals surface area contributed by atoms with Gasteiger partial charge >= 0.3 is 0 Å². The molecule has 8 nitrogen and oxygen atoms in total. The SMILES string of the molecule is CNc1nc(CNS(=O)(=O)c2cccc([N+](=O)[O-])c2)cs1. The van der Waals surface area contributed by atoms with Gasteiger partial charge in [0.25, 0.3) is 5.69 Å². The summed E-state index contributed by atoms with van der Waals surface area (Å²) in [7, 11) is -2.10. The Bertz CT molecular complexity index is 757. The average Bonchev–Trinajstić information content (AvgIpc) is 2.93. The Morgan fingerprint density at radius 1 is 1.43 bits per heavy atom. The van der Waals surface area contributed by atoms with E-state index >= 15 is 0 Å². The quantitative estimate of drug-likeness (QED) is 0.614. The van der Waals surface area contributed by atoms with Crippen LogP contribution in [-0.2, 0) is 16.6 Å². The van der Waals surface area contributed by atoms with Crippen molar-refractivity contribution in [2.45, 2.75) is 11.4 Å². The first kappa shape index (κ1) is 15.4. The molecule has 0 atom stereocenters. The molecular formula is C11H12N4O4S2. The molecule has 10 heteroatoms. The summed E-state index contributed by atoms with van der Waals surface area (Å²) in [5.74, 6) is 0. The third kappa shape index (κ3) is 3.74. The van der Waals surface area contributed by atoms with E-state index in [0.29, 0.717) is 10.8 Å². The number of hydrogen-bond donors (Lipinski definition) is 2. The maximum absolute atomic E-state index is 12.1. The van der Waals surface area contributed by atoms with Gasteiger partial charge in [-0.15, -0.1) is 11.3 Å². The molecule has 0 saturated heterocycles. The van der Waals surface area contributed by atoms with Crippen LogP contribution < -0.4 is 10.0 Å². The molecular weight excluding hydrogens is 316 g/mol. The van der Waals surface area contributed by atoms with E-state index in [-0.39, 0.29) is 17.1 Å². The first-order valence-corrected chi connectivity index (χ1v) is 8.15. The maximum Gasteiger partial charge on any atom is 0.270 e. The highest BCUT2D eigenvalue weighted by atomic mass is 32.2. The van der Waals surface area contributed by atoms with Crippen molar-refractivity contribution in [3.05, 3.63) is 45.5 Å². The second kappa shape index (κ2) is 6.16. The van der Waals surface area contributed by atoms with E-state index in [1.807, 2.05) is 0 Å². The Morgan fingerprint density at radius 3 is 2.81 bits per heavy atom. The molecule has 1 aromatic heterocycles. The number of benzene rings is 1. The molecule has 0 fully saturated rings. The van der Waals surface area contributed by atoms with Crippen LogP contribution in [0, 0.1) is 10.1 Å². The zero-order valence-electron chi connectivity index (χ0n) is 10.9. The van der Waals surface area contributed by atoms with E-state index in [1.165, 1.54) is 29.5 Å². The first-order chi connectivity index (χ1) is 9.92. The van der Waals surface area contributed by atoms with E-state index in [0.717, 1.165) is 6.07 Å². The summed E-state index contributed by atoms with van der Waals surface area (Å²) in [6.45, 7) is 0.0171. The predicted octanol–water partition coefficient (Wildman–Crippen LogP) is 1.57. The summed E-state index contributed by atoms with van der Waals surface area (Å²) in [5.41, 5.74) is 0.294. The lowest BCUT2D eigenvalue weighted by molar-refractivity contribution is -0.385. The Morgan fingerprint density at radius 2 is 2.19 bits per heavy atom.